The molecule has 4 aromatic rings. The van der Waals surface area contributed by atoms with Gasteiger partial charge in [-0.15, -0.1) is 0 Å². The van der Waals surface area contributed by atoms with E-state index >= 15 is 0 Å². The van der Waals surface area contributed by atoms with Crippen LogP contribution in [0.5, 0.6) is 0 Å². The van der Waals surface area contributed by atoms with Crippen LogP contribution in [0.3, 0.4) is 0 Å². The molecular formula is C28H19+. The highest BCUT2D eigenvalue weighted by atomic mass is 14.1. The number of rotatable bonds is 2. The van der Waals surface area contributed by atoms with Gasteiger partial charge in [0.1, 0.15) is 5.56 Å². The Morgan fingerprint density at radius 3 is 2.25 bits per heavy atom. The van der Waals surface area contributed by atoms with Crippen LogP contribution in [0.25, 0.3) is 45.8 Å². The molecule has 0 spiro atoms. The molecule has 130 valence electrons. The number of benzene rings is 4. The second-order valence-electron chi connectivity index (χ2n) is 7.65. The molecule has 0 amide bonds. The minimum absolute atomic E-state index is 1.03. The maximum Gasteiger partial charge on any atom is 0.105 e. The minimum Gasteiger partial charge on any atom is -0.0795 e. The van der Waals surface area contributed by atoms with Gasteiger partial charge in [-0.3, -0.25) is 0 Å². The summed E-state index contributed by atoms with van der Waals surface area (Å²) in [6.07, 6.45) is 16.6. The summed E-state index contributed by atoms with van der Waals surface area (Å²) < 4.78 is 0. The fraction of sp³-hybridized carbons (Fsp3) is 0.0357. The van der Waals surface area contributed by atoms with Crippen LogP contribution < -0.4 is 0 Å². The van der Waals surface area contributed by atoms with Gasteiger partial charge in [0.05, 0.1) is 10.9 Å². The van der Waals surface area contributed by atoms with Crippen LogP contribution in [0, 0.1) is 6.42 Å². The first kappa shape index (κ1) is 15.5. The highest BCUT2D eigenvalue weighted by molar-refractivity contribution is 5.99. The molecule has 0 saturated carbocycles. The molecule has 0 heterocycles. The second-order valence-corrected chi connectivity index (χ2v) is 7.65. The summed E-state index contributed by atoms with van der Waals surface area (Å²) in [6.45, 7) is 0. The van der Waals surface area contributed by atoms with Gasteiger partial charge in [-0.25, -0.2) is 0 Å². The normalized spacial score (nSPS) is 14.1. The predicted octanol–water partition coefficient (Wildman–Crippen LogP) is 7.31. The molecule has 0 fully saturated rings. The lowest BCUT2D eigenvalue weighted by molar-refractivity contribution is 1.29. The number of hydrogen-bond acceptors (Lipinski definition) is 0. The molecular weight excluding hydrogens is 336 g/mol. The lowest BCUT2D eigenvalue weighted by Crippen LogP contribution is -1.93. The molecule has 0 heteroatoms. The van der Waals surface area contributed by atoms with Crippen LogP contribution in [-0.2, 0) is 6.42 Å². The van der Waals surface area contributed by atoms with E-state index in [9.17, 15) is 0 Å². The third-order valence-corrected chi connectivity index (χ3v) is 5.83. The molecule has 0 nitrogen and oxygen atoms in total. The van der Waals surface area contributed by atoms with Crippen molar-refractivity contribution in [3.8, 4) is 0 Å². The van der Waals surface area contributed by atoms with E-state index in [4.69, 9.17) is 0 Å². The van der Waals surface area contributed by atoms with Gasteiger partial charge in [0.25, 0.3) is 0 Å². The molecule has 0 unspecified atom stereocenters. The van der Waals surface area contributed by atoms with E-state index in [2.05, 4.69) is 104 Å². The van der Waals surface area contributed by atoms with Crippen LogP contribution in [0.1, 0.15) is 33.4 Å². The van der Waals surface area contributed by atoms with E-state index < -0.39 is 0 Å². The molecule has 4 aromatic carbocycles. The summed E-state index contributed by atoms with van der Waals surface area (Å²) >= 11 is 0. The van der Waals surface area contributed by atoms with Gasteiger partial charge in [-0.1, -0.05) is 42.5 Å². The fourth-order valence-corrected chi connectivity index (χ4v) is 4.61. The number of allylic oxidation sites excluding steroid dienone is 2. The summed E-state index contributed by atoms with van der Waals surface area (Å²) in [5.41, 5.74) is 7.86. The Balaban J connectivity index is 1.45. The molecule has 28 heavy (non-hydrogen) atoms. The SMILES string of the molecule is C1=Cc2cc(/C=C/c3cc4c5c(cccc5c3)CC=C4)cc3cccc(c23)[CH+]1. The average molecular weight is 355 g/mol. The van der Waals surface area contributed by atoms with E-state index in [0.29, 0.717) is 0 Å². The van der Waals surface area contributed by atoms with Gasteiger partial charge in [0, 0.05) is 30.0 Å². The zero-order chi connectivity index (χ0) is 18.5. The van der Waals surface area contributed by atoms with E-state index in [1.165, 1.54) is 54.9 Å². The van der Waals surface area contributed by atoms with Crippen molar-refractivity contribution in [3.63, 3.8) is 0 Å². The van der Waals surface area contributed by atoms with Crippen LogP contribution in [0.15, 0.2) is 72.8 Å². The average Bonchev–Trinajstić information content (AvgIpc) is 2.73. The molecule has 2 aliphatic carbocycles. The summed E-state index contributed by atoms with van der Waals surface area (Å²) in [6, 6.07) is 22.3. The number of hydrogen-bond donors (Lipinski definition) is 0. The lowest BCUT2D eigenvalue weighted by atomic mass is 9.90. The summed E-state index contributed by atoms with van der Waals surface area (Å²) in [5, 5.41) is 5.40. The lowest BCUT2D eigenvalue weighted by Gasteiger charge is -2.13. The maximum absolute atomic E-state index is 2.30. The molecule has 0 saturated heterocycles. The van der Waals surface area contributed by atoms with E-state index in [-0.39, 0.29) is 0 Å². The van der Waals surface area contributed by atoms with Gasteiger partial charge >= 0.3 is 0 Å². The first-order valence-electron chi connectivity index (χ1n) is 9.84. The summed E-state index contributed by atoms with van der Waals surface area (Å²) in [4.78, 5) is 0. The minimum atomic E-state index is 1.03. The van der Waals surface area contributed by atoms with Gasteiger partial charge in [0.15, 0.2) is 0 Å². The van der Waals surface area contributed by atoms with Crippen molar-refractivity contribution in [2.75, 3.05) is 0 Å². The quantitative estimate of drug-likeness (QED) is 0.261. The Labute approximate surface area is 165 Å². The molecule has 0 aromatic heterocycles. The Kier molecular flexibility index (Phi) is 3.33. The zero-order valence-electron chi connectivity index (χ0n) is 15.5. The van der Waals surface area contributed by atoms with Crippen LogP contribution in [0.4, 0.5) is 0 Å². The van der Waals surface area contributed by atoms with Crippen molar-refractivity contribution >= 4 is 45.8 Å². The van der Waals surface area contributed by atoms with Gasteiger partial charge in [-0.05, 0) is 75.8 Å². The topological polar surface area (TPSA) is 0 Å². The molecule has 0 atom stereocenters. The van der Waals surface area contributed by atoms with Crippen molar-refractivity contribution in [2.24, 2.45) is 0 Å². The molecule has 0 bridgehead atoms. The third kappa shape index (κ3) is 2.42. The van der Waals surface area contributed by atoms with Crippen LogP contribution >= 0.6 is 0 Å². The molecule has 0 radical (unpaired) electrons. The first-order valence-corrected chi connectivity index (χ1v) is 9.84. The predicted molar refractivity (Wildman–Crippen MR) is 122 cm³/mol. The van der Waals surface area contributed by atoms with Gasteiger partial charge < -0.3 is 0 Å². The zero-order valence-corrected chi connectivity index (χ0v) is 15.5. The van der Waals surface area contributed by atoms with Crippen molar-refractivity contribution in [1.82, 2.24) is 0 Å². The van der Waals surface area contributed by atoms with Crippen LogP contribution in [0.2, 0.25) is 0 Å². The van der Waals surface area contributed by atoms with E-state index in [0.717, 1.165) is 6.42 Å². The highest BCUT2D eigenvalue weighted by Gasteiger charge is 2.16. The van der Waals surface area contributed by atoms with Gasteiger partial charge in [0.2, 0.25) is 0 Å². The molecule has 0 aliphatic heterocycles. The van der Waals surface area contributed by atoms with Crippen molar-refractivity contribution < 1.29 is 0 Å². The fourth-order valence-electron chi connectivity index (χ4n) is 4.61. The second kappa shape index (κ2) is 6.00. The van der Waals surface area contributed by atoms with Crippen molar-refractivity contribution in [3.05, 3.63) is 113 Å². The van der Waals surface area contributed by atoms with Crippen molar-refractivity contribution in [2.45, 2.75) is 6.42 Å². The Hall–Kier alpha value is -3.51. The largest absolute Gasteiger partial charge is 0.105 e. The van der Waals surface area contributed by atoms with E-state index in [1.807, 2.05) is 0 Å². The Bertz CT molecular complexity index is 1240. The smallest absolute Gasteiger partial charge is 0.0795 e. The van der Waals surface area contributed by atoms with Crippen molar-refractivity contribution in [1.29, 1.82) is 0 Å². The molecule has 0 N–H and O–H groups in total. The Morgan fingerprint density at radius 1 is 0.714 bits per heavy atom. The standard InChI is InChI=1S/C28H19/c1-5-21-6-2-10-24-16-19(15-23(9-1)27(21)24)13-14-20-17-25-11-3-7-22-8-4-12-26(18-20)28(22)25/h1-7,9-18H,8H2/q+1/b14-13+. The Morgan fingerprint density at radius 2 is 1.43 bits per heavy atom. The molecule has 6 rings (SSSR count). The highest BCUT2D eigenvalue weighted by Crippen LogP contribution is 2.32. The summed E-state index contributed by atoms with van der Waals surface area (Å²) in [5.74, 6) is 0. The van der Waals surface area contributed by atoms with Crippen LogP contribution in [-0.4, -0.2) is 0 Å². The van der Waals surface area contributed by atoms with Gasteiger partial charge in [-0.2, -0.15) is 0 Å². The third-order valence-electron chi connectivity index (χ3n) is 5.83. The first-order chi connectivity index (χ1) is 13.8. The maximum atomic E-state index is 2.30. The summed E-state index contributed by atoms with van der Waals surface area (Å²) in [7, 11) is 0. The monoisotopic (exact) mass is 355 g/mol. The van der Waals surface area contributed by atoms with E-state index in [1.54, 1.807) is 0 Å². The molecule has 2 aliphatic rings.